The van der Waals surface area contributed by atoms with Gasteiger partial charge in [-0.25, -0.2) is 0 Å². The molecule has 2 heterocycles. The number of benzene rings is 1. The van der Waals surface area contributed by atoms with Crippen molar-refractivity contribution in [3.63, 3.8) is 0 Å². The van der Waals surface area contributed by atoms with Crippen molar-refractivity contribution in [1.29, 1.82) is 0 Å². The minimum absolute atomic E-state index is 0.0104. The Morgan fingerprint density at radius 3 is 2.31 bits per heavy atom. The summed E-state index contributed by atoms with van der Waals surface area (Å²) in [5, 5.41) is 0. The molecule has 6 heteroatoms. The lowest BCUT2D eigenvalue weighted by Crippen LogP contribution is -2.47. The van der Waals surface area contributed by atoms with Crippen LogP contribution in [0.25, 0.3) is 0 Å². The molecule has 2 saturated heterocycles. The first-order valence-electron chi connectivity index (χ1n) is 9.34. The molecule has 0 radical (unpaired) electrons. The topological polar surface area (TPSA) is 59.1 Å². The summed E-state index contributed by atoms with van der Waals surface area (Å²) < 4.78 is 11.4. The number of hydrogen-bond donors (Lipinski definition) is 0. The molecule has 26 heavy (non-hydrogen) atoms. The lowest BCUT2D eigenvalue weighted by molar-refractivity contribution is -0.187. The molecule has 1 spiro atoms. The summed E-state index contributed by atoms with van der Waals surface area (Å²) in [4.78, 5) is 28.1. The van der Waals surface area contributed by atoms with Crippen molar-refractivity contribution >= 4 is 11.8 Å². The third-order valence-electron chi connectivity index (χ3n) is 5.23. The Balaban J connectivity index is 1.48. The highest BCUT2D eigenvalue weighted by molar-refractivity contribution is 5.78. The SMILES string of the molecule is CC(=O)N(CCC(=O)N1CCC2(CC1)OCCO2)Cc1ccc(C)cc1. The maximum Gasteiger partial charge on any atom is 0.224 e. The first kappa shape index (κ1) is 18.9. The van der Waals surface area contributed by atoms with Crippen LogP contribution in [0.5, 0.6) is 0 Å². The third-order valence-corrected chi connectivity index (χ3v) is 5.23. The van der Waals surface area contributed by atoms with Crippen LogP contribution < -0.4 is 0 Å². The van der Waals surface area contributed by atoms with E-state index in [-0.39, 0.29) is 11.8 Å². The Kier molecular flexibility index (Phi) is 5.94. The van der Waals surface area contributed by atoms with Gasteiger partial charge >= 0.3 is 0 Å². The highest BCUT2D eigenvalue weighted by atomic mass is 16.7. The van der Waals surface area contributed by atoms with Gasteiger partial charge < -0.3 is 19.3 Å². The molecule has 1 aromatic carbocycles. The molecule has 1 aromatic rings. The van der Waals surface area contributed by atoms with Gasteiger partial charge in [0, 0.05) is 52.4 Å². The number of carbonyl (C=O) groups is 2. The molecule has 2 amide bonds. The number of piperidine rings is 1. The monoisotopic (exact) mass is 360 g/mol. The Labute approximate surface area is 155 Å². The Bertz CT molecular complexity index is 628. The highest BCUT2D eigenvalue weighted by Gasteiger charge is 2.40. The average molecular weight is 360 g/mol. The van der Waals surface area contributed by atoms with Crippen molar-refractivity contribution in [3.8, 4) is 0 Å². The molecule has 2 fully saturated rings. The van der Waals surface area contributed by atoms with Crippen LogP contribution in [0.1, 0.15) is 37.3 Å². The van der Waals surface area contributed by atoms with Crippen LogP contribution in [0.4, 0.5) is 0 Å². The molecule has 3 rings (SSSR count). The van der Waals surface area contributed by atoms with Crippen LogP contribution >= 0.6 is 0 Å². The maximum absolute atomic E-state index is 12.5. The lowest BCUT2D eigenvalue weighted by atomic mass is 10.0. The molecule has 0 bridgehead atoms. The summed E-state index contributed by atoms with van der Waals surface area (Å²) in [6.07, 6.45) is 1.79. The fourth-order valence-corrected chi connectivity index (χ4v) is 3.53. The summed E-state index contributed by atoms with van der Waals surface area (Å²) in [6.45, 7) is 7.15. The molecular weight excluding hydrogens is 332 g/mol. The van der Waals surface area contributed by atoms with Crippen LogP contribution in [0.3, 0.4) is 0 Å². The van der Waals surface area contributed by atoms with Gasteiger partial charge in [-0.05, 0) is 12.5 Å². The largest absolute Gasteiger partial charge is 0.347 e. The highest BCUT2D eigenvalue weighted by Crippen LogP contribution is 2.31. The number of likely N-dealkylation sites (tertiary alicyclic amines) is 1. The quantitative estimate of drug-likeness (QED) is 0.807. The van der Waals surface area contributed by atoms with Crippen LogP contribution in [0.15, 0.2) is 24.3 Å². The molecular formula is C20H28N2O4. The Hall–Kier alpha value is -1.92. The first-order chi connectivity index (χ1) is 12.5. The van der Waals surface area contributed by atoms with Crippen molar-refractivity contribution in [2.75, 3.05) is 32.8 Å². The normalized spacial score (nSPS) is 18.9. The number of hydrogen-bond acceptors (Lipinski definition) is 4. The third kappa shape index (κ3) is 4.62. The van der Waals surface area contributed by atoms with E-state index in [0.29, 0.717) is 45.8 Å². The van der Waals surface area contributed by atoms with Crippen molar-refractivity contribution in [3.05, 3.63) is 35.4 Å². The molecule has 0 aromatic heterocycles. The van der Waals surface area contributed by atoms with Gasteiger partial charge in [-0.1, -0.05) is 29.8 Å². The van der Waals surface area contributed by atoms with E-state index in [4.69, 9.17) is 9.47 Å². The molecule has 6 nitrogen and oxygen atoms in total. The molecule has 142 valence electrons. The number of carbonyl (C=O) groups excluding carboxylic acids is 2. The smallest absolute Gasteiger partial charge is 0.224 e. The van der Waals surface area contributed by atoms with E-state index in [9.17, 15) is 9.59 Å². The summed E-state index contributed by atoms with van der Waals surface area (Å²) in [5.74, 6) is -0.384. The first-order valence-corrected chi connectivity index (χ1v) is 9.34. The molecule has 0 aliphatic carbocycles. The standard InChI is InChI=1S/C20H28N2O4/c1-16-3-5-18(6-4-16)15-22(17(2)23)10-7-19(24)21-11-8-20(9-12-21)25-13-14-26-20/h3-6H,7-15H2,1-2H3. The van der Waals surface area contributed by atoms with Gasteiger partial charge in [-0.3, -0.25) is 9.59 Å². The van der Waals surface area contributed by atoms with Crippen molar-refractivity contribution in [2.24, 2.45) is 0 Å². The number of nitrogens with zero attached hydrogens (tertiary/aromatic N) is 2. The van der Waals surface area contributed by atoms with Crippen molar-refractivity contribution in [2.45, 2.75) is 45.4 Å². The van der Waals surface area contributed by atoms with E-state index in [1.165, 1.54) is 5.56 Å². The molecule has 0 saturated carbocycles. The zero-order valence-electron chi connectivity index (χ0n) is 15.7. The number of aryl methyl sites for hydroxylation is 1. The number of ether oxygens (including phenoxy) is 2. The predicted molar refractivity (Wildman–Crippen MR) is 97.3 cm³/mol. The van der Waals surface area contributed by atoms with E-state index < -0.39 is 5.79 Å². The second kappa shape index (κ2) is 8.18. The van der Waals surface area contributed by atoms with Gasteiger partial charge in [-0.2, -0.15) is 0 Å². The van der Waals surface area contributed by atoms with E-state index in [1.54, 1.807) is 11.8 Å². The van der Waals surface area contributed by atoms with Gasteiger partial charge in [0.25, 0.3) is 0 Å². The summed E-state index contributed by atoms with van der Waals surface area (Å²) in [6, 6.07) is 8.13. The molecule has 0 unspecified atom stereocenters. The molecule has 2 aliphatic heterocycles. The van der Waals surface area contributed by atoms with Crippen molar-refractivity contribution < 1.29 is 19.1 Å². The second-order valence-electron chi connectivity index (χ2n) is 7.16. The molecule has 0 atom stereocenters. The Morgan fingerprint density at radius 1 is 1.12 bits per heavy atom. The van der Waals surface area contributed by atoms with Gasteiger partial charge in [0.1, 0.15) is 0 Å². The van der Waals surface area contributed by atoms with Crippen LogP contribution in [0.2, 0.25) is 0 Å². The second-order valence-corrected chi connectivity index (χ2v) is 7.16. The average Bonchev–Trinajstić information content (AvgIpc) is 3.08. The minimum atomic E-state index is -0.465. The summed E-state index contributed by atoms with van der Waals surface area (Å²) in [5.41, 5.74) is 2.27. The Morgan fingerprint density at radius 2 is 1.73 bits per heavy atom. The summed E-state index contributed by atoms with van der Waals surface area (Å²) in [7, 11) is 0. The van der Waals surface area contributed by atoms with Crippen LogP contribution in [0, 0.1) is 6.92 Å². The van der Waals surface area contributed by atoms with Gasteiger partial charge in [-0.15, -0.1) is 0 Å². The van der Waals surface area contributed by atoms with Gasteiger partial charge in [0.2, 0.25) is 11.8 Å². The lowest BCUT2D eigenvalue weighted by Gasteiger charge is -2.37. The van der Waals surface area contributed by atoms with E-state index in [2.05, 4.69) is 0 Å². The van der Waals surface area contributed by atoms with Crippen LogP contribution in [-0.2, 0) is 25.6 Å². The summed E-state index contributed by atoms with van der Waals surface area (Å²) >= 11 is 0. The minimum Gasteiger partial charge on any atom is -0.347 e. The maximum atomic E-state index is 12.5. The molecule has 2 aliphatic rings. The van der Waals surface area contributed by atoms with Gasteiger partial charge in [0.15, 0.2) is 5.79 Å². The molecule has 0 N–H and O–H groups in total. The van der Waals surface area contributed by atoms with E-state index >= 15 is 0 Å². The zero-order chi connectivity index (χ0) is 18.6. The van der Waals surface area contributed by atoms with Crippen molar-refractivity contribution in [1.82, 2.24) is 9.80 Å². The van der Waals surface area contributed by atoms with E-state index in [1.807, 2.05) is 36.1 Å². The fourth-order valence-electron chi connectivity index (χ4n) is 3.53. The van der Waals surface area contributed by atoms with Crippen LogP contribution in [-0.4, -0.2) is 60.2 Å². The number of rotatable bonds is 5. The zero-order valence-corrected chi connectivity index (χ0v) is 15.7. The number of amides is 2. The predicted octanol–water partition coefficient (Wildman–Crippen LogP) is 2.10. The van der Waals surface area contributed by atoms with E-state index in [0.717, 1.165) is 18.4 Å². The fraction of sp³-hybridized carbons (Fsp3) is 0.600. The van der Waals surface area contributed by atoms with Gasteiger partial charge in [0.05, 0.1) is 13.2 Å².